The van der Waals surface area contributed by atoms with E-state index in [2.05, 4.69) is 62.8 Å². The minimum atomic E-state index is 0. The summed E-state index contributed by atoms with van der Waals surface area (Å²) in [4.78, 5) is 14.3. The maximum absolute atomic E-state index is 4.91. The Morgan fingerprint density at radius 2 is 1.73 bits per heavy atom. The average Bonchev–Trinajstić information content (AvgIpc) is 2.82. The molecule has 140 valence electrons. The normalized spacial score (nSPS) is 15.2. The first-order valence-corrected chi connectivity index (χ1v) is 8.60. The van der Waals surface area contributed by atoms with Gasteiger partial charge in [-0.2, -0.15) is 0 Å². The van der Waals surface area contributed by atoms with E-state index in [0.29, 0.717) is 0 Å². The second-order valence-electron chi connectivity index (χ2n) is 6.47. The van der Waals surface area contributed by atoms with E-state index in [0.717, 1.165) is 49.8 Å². The van der Waals surface area contributed by atoms with Gasteiger partial charge in [0.15, 0.2) is 5.65 Å². The zero-order valence-corrected chi connectivity index (χ0v) is 16.5. The Morgan fingerprint density at radius 1 is 0.923 bits per heavy atom. The van der Waals surface area contributed by atoms with Crippen LogP contribution in [0.1, 0.15) is 12.0 Å². The Bertz CT molecular complexity index is 821. The van der Waals surface area contributed by atoms with Gasteiger partial charge in [0.1, 0.15) is 5.52 Å². The first-order valence-electron chi connectivity index (χ1n) is 8.60. The summed E-state index contributed by atoms with van der Waals surface area (Å²) in [5.74, 6) is 1.04. The number of benzene rings is 1. The van der Waals surface area contributed by atoms with E-state index in [4.69, 9.17) is 4.98 Å². The zero-order valence-electron chi connectivity index (χ0n) is 14.9. The molecule has 1 aliphatic rings. The second kappa shape index (κ2) is 9.21. The van der Waals surface area contributed by atoms with Crippen molar-refractivity contribution in [3.8, 4) is 0 Å². The van der Waals surface area contributed by atoms with Gasteiger partial charge in [0.25, 0.3) is 0 Å². The van der Waals surface area contributed by atoms with Crippen LogP contribution < -0.4 is 4.90 Å². The molecule has 3 heterocycles. The minimum absolute atomic E-state index is 0. The molecular weight excluding hydrogens is 369 g/mol. The molecule has 5 nitrogen and oxygen atoms in total. The number of rotatable bonds is 3. The van der Waals surface area contributed by atoms with Crippen molar-refractivity contribution >= 4 is 41.9 Å². The lowest BCUT2D eigenvalue weighted by Gasteiger charge is -2.22. The molecule has 0 unspecified atom stereocenters. The van der Waals surface area contributed by atoms with Crippen molar-refractivity contribution in [2.45, 2.75) is 13.0 Å². The van der Waals surface area contributed by atoms with Crippen molar-refractivity contribution in [1.82, 2.24) is 19.4 Å². The van der Waals surface area contributed by atoms with E-state index >= 15 is 0 Å². The van der Waals surface area contributed by atoms with Gasteiger partial charge in [-0.3, -0.25) is 4.57 Å². The van der Waals surface area contributed by atoms with E-state index in [1.807, 2.05) is 12.3 Å². The lowest BCUT2D eigenvalue weighted by Crippen LogP contribution is -2.31. The number of hydrogen-bond acceptors (Lipinski definition) is 4. The van der Waals surface area contributed by atoms with Gasteiger partial charge in [-0.25, -0.2) is 9.97 Å². The summed E-state index contributed by atoms with van der Waals surface area (Å²) < 4.78 is 2.26. The standard InChI is InChI=1S/C19H23N5.2ClH/c1-22-11-6-12-23(14-13-22)19-21-17-9-5-10-20-18(17)24(19)15-16-7-3-2-4-8-16;;/h2-5,7-10H,6,11-15H2,1H3;2*1H. The largest absolute Gasteiger partial charge is 0.341 e. The van der Waals surface area contributed by atoms with Crippen molar-refractivity contribution in [1.29, 1.82) is 0 Å². The van der Waals surface area contributed by atoms with Gasteiger partial charge in [-0.1, -0.05) is 30.3 Å². The molecule has 3 aromatic rings. The van der Waals surface area contributed by atoms with Gasteiger partial charge in [-0.05, 0) is 37.7 Å². The first kappa shape index (κ1) is 20.5. The van der Waals surface area contributed by atoms with Gasteiger partial charge < -0.3 is 9.80 Å². The van der Waals surface area contributed by atoms with Gasteiger partial charge in [0, 0.05) is 25.8 Å². The van der Waals surface area contributed by atoms with Gasteiger partial charge in [-0.15, -0.1) is 24.8 Å². The highest BCUT2D eigenvalue weighted by molar-refractivity contribution is 5.85. The number of nitrogens with zero attached hydrogens (tertiary/aromatic N) is 5. The van der Waals surface area contributed by atoms with Crippen molar-refractivity contribution in [3.05, 3.63) is 54.2 Å². The van der Waals surface area contributed by atoms with E-state index < -0.39 is 0 Å². The van der Waals surface area contributed by atoms with E-state index in [1.165, 1.54) is 12.0 Å². The quantitative estimate of drug-likeness (QED) is 0.682. The fourth-order valence-electron chi connectivity index (χ4n) is 3.35. The Balaban J connectivity index is 0.00000121. The van der Waals surface area contributed by atoms with Crippen molar-refractivity contribution < 1.29 is 0 Å². The predicted octanol–water partition coefficient (Wildman–Crippen LogP) is 3.47. The number of likely N-dealkylation sites (N-methyl/N-ethyl adjacent to an activating group) is 1. The maximum Gasteiger partial charge on any atom is 0.208 e. The summed E-state index contributed by atoms with van der Waals surface area (Å²) in [5.41, 5.74) is 3.21. The summed E-state index contributed by atoms with van der Waals surface area (Å²) in [5, 5.41) is 0. The topological polar surface area (TPSA) is 37.2 Å². The molecule has 1 aliphatic heterocycles. The molecular formula is C19H25Cl2N5. The van der Waals surface area contributed by atoms with Crippen LogP contribution in [-0.4, -0.2) is 52.7 Å². The van der Waals surface area contributed by atoms with Crippen LogP contribution in [0.2, 0.25) is 0 Å². The van der Waals surface area contributed by atoms with Crippen LogP contribution in [0, 0.1) is 0 Å². The smallest absolute Gasteiger partial charge is 0.208 e. The first-order chi connectivity index (χ1) is 11.8. The Kier molecular flexibility index (Phi) is 7.26. The van der Waals surface area contributed by atoms with Crippen LogP contribution in [0.3, 0.4) is 0 Å². The molecule has 0 amide bonds. The molecule has 7 heteroatoms. The van der Waals surface area contributed by atoms with Crippen LogP contribution in [-0.2, 0) is 6.54 Å². The highest BCUT2D eigenvalue weighted by atomic mass is 35.5. The van der Waals surface area contributed by atoms with Crippen LogP contribution in [0.4, 0.5) is 5.95 Å². The van der Waals surface area contributed by atoms with Crippen molar-refractivity contribution in [3.63, 3.8) is 0 Å². The van der Waals surface area contributed by atoms with E-state index in [9.17, 15) is 0 Å². The average molecular weight is 394 g/mol. The fraction of sp³-hybridized carbons (Fsp3) is 0.368. The third-order valence-electron chi connectivity index (χ3n) is 4.67. The molecule has 0 spiro atoms. The Labute approximate surface area is 166 Å². The highest BCUT2D eigenvalue weighted by Crippen LogP contribution is 2.23. The molecule has 2 aromatic heterocycles. The Morgan fingerprint density at radius 3 is 2.54 bits per heavy atom. The Hall–Kier alpha value is -1.82. The number of imidazole rings is 1. The number of aromatic nitrogens is 3. The molecule has 0 saturated carbocycles. The number of hydrogen-bond donors (Lipinski definition) is 0. The molecule has 1 fully saturated rings. The molecule has 1 saturated heterocycles. The zero-order chi connectivity index (χ0) is 16.4. The predicted molar refractivity (Wildman–Crippen MR) is 112 cm³/mol. The van der Waals surface area contributed by atoms with Gasteiger partial charge >= 0.3 is 0 Å². The van der Waals surface area contributed by atoms with Crippen LogP contribution in [0.15, 0.2) is 48.7 Å². The molecule has 1 aromatic carbocycles. The summed E-state index contributed by atoms with van der Waals surface area (Å²) in [6.45, 7) is 5.07. The van der Waals surface area contributed by atoms with E-state index in [1.54, 1.807) is 0 Å². The maximum atomic E-state index is 4.91. The lowest BCUT2D eigenvalue weighted by molar-refractivity contribution is 0.360. The molecule has 0 aliphatic carbocycles. The lowest BCUT2D eigenvalue weighted by atomic mass is 10.2. The monoisotopic (exact) mass is 393 g/mol. The molecule has 0 radical (unpaired) electrons. The van der Waals surface area contributed by atoms with Gasteiger partial charge in [0.2, 0.25) is 5.95 Å². The SMILES string of the molecule is CN1CCCN(c2nc3cccnc3n2Cc2ccccc2)CC1.Cl.Cl. The number of fused-ring (bicyclic) bond motifs is 1. The van der Waals surface area contributed by atoms with Gasteiger partial charge in [0.05, 0.1) is 6.54 Å². The molecule has 0 atom stereocenters. The summed E-state index contributed by atoms with van der Waals surface area (Å²) in [7, 11) is 2.19. The highest BCUT2D eigenvalue weighted by Gasteiger charge is 2.20. The van der Waals surface area contributed by atoms with E-state index in [-0.39, 0.29) is 24.8 Å². The third-order valence-corrected chi connectivity index (χ3v) is 4.67. The van der Waals surface area contributed by atoms with Crippen LogP contribution >= 0.6 is 24.8 Å². The van der Waals surface area contributed by atoms with Crippen LogP contribution in [0.5, 0.6) is 0 Å². The summed E-state index contributed by atoms with van der Waals surface area (Å²) >= 11 is 0. The molecule has 0 bridgehead atoms. The van der Waals surface area contributed by atoms with Crippen molar-refractivity contribution in [2.75, 3.05) is 38.1 Å². The number of pyridine rings is 1. The van der Waals surface area contributed by atoms with Crippen molar-refractivity contribution in [2.24, 2.45) is 0 Å². The molecule has 26 heavy (non-hydrogen) atoms. The summed E-state index contributed by atoms with van der Waals surface area (Å²) in [6, 6.07) is 14.6. The fourth-order valence-corrected chi connectivity index (χ4v) is 3.35. The molecule has 4 rings (SSSR count). The minimum Gasteiger partial charge on any atom is -0.341 e. The number of anilines is 1. The number of halogens is 2. The summed E-state index contributed by atoms with van der Waals surface area (Å²) in [6.07, 6.45) is 3.02. The third kappa shape index (κ3) is 4.29. The second-order valence-corrected chi connectivity index (χ2v) is 6.47. The van der Waals surface area contributed by atoms with Crippen LogP contribution in [0.25, 0.3) is 11.2 Å². The molecule has 0 N–H and O–H groups in total.